The fourth-order valence-electron chi connectivity index (χ4n) is 1.56. The zero-order valence-corrected chi connectivity index (χ0v) is 9.61. The number of amides is 1. The van der Waals surface area contributed by atoms with Crippen LogP contribution in [0.15, 0.2) is 53.5 Å². The summed E-state index contributed by atoms with van der Waals surface area (Å²) in [6, 6.07) is 7.86. The summed E-state index contributed by atoms with van der Waals surface area (Å²) in [6.07, 6.45) is 10.2. The van der Waals surface area contributed by atoms with Gasteiger partial charge in [0.15, 0.2) is 0 Å². The Morgan fingerprint density at radius 3 is 2.82 bits per heavy atom. The number of nitrogens with one attached hydrogen (secondary N) is 1. The molecule has 0 bridgehead atoms. The number of carbonyl (C=O) groups excluding carboxylic acids is 1. The zero-order chi connectivity index (χ0) is 11.2. The van der Waals surface area contributed by atoms with E-state index < -0.39 is 0 Å². The summed E-state index contributed by atoms with van der Waals surface area (Å²) in [5, 5.41) is 3.18. The summed E-state index contributed by atoms with van der Waals surface area (Å²) in [6.45, 7) is 0. The van der Waals surface area contributed by atoms with Gasteiger partial charge in [-0.05, 0) is 18.6 Å². The lowest BCUT2D eigenvalue weighted by molar-refractivity contribution is -0.105. The summed E-state index contributed by atoms with van der Waals surface area (Å²) < 4.78 is 0. The molecule has 2 nitrogen and oxygen atoms in total. The van der Waals surface area contributed by atoms with E-state index in [9.17, 15) is 4.79 Å². The molecule has 0 heterocycles. The smallest absolute Gasteiger partial charge is 0.211 e. The van der Waals surface area contributed by atoms with Gasteiger partial charge in [-0.15, -0.1) is 11.8 Å². The maximum Gasteiger partial charge on any atom is 0.211 e. The second kappa shape index (κ2) is 6.97. The van der Waals surface area contributed by atoms with Gasteiger partial charge in [0, 0.05) is 10.1 Å². The van der Waals surface area contributed by atoms with Crippen LogP contribution in [0.5, 0.6) is 0 Å². The molecule has 17 heavy (non-hydrogen) atoms. The number of rotatable bonds is 4. The first-order chi connectivity index (χ1) is 7.90. The van der Waals surface area contributed by atoms with Crippen molar-refractivity contribution in [3.63, 3.8) is 0 Å². The van der Waals surface area contributed by atoms with Gasteiger partial charge >= 0.3 is 0 Å². The third kappa shape index (κ3) is 3.79. The summed E-state index contributed by atoms with van der Waals surface area (Å²) in [5.74, 6) is 0. The summed E-state index contributed by atoms with van der Waals surface area (Å²) in [7, 11) is 0. The van der Waals surface area contributed by atoms with E-state index in [-0.39, 0.29) is 7.43 Å². The number of hydrogen-bond donors (Lipinski definition) is 1. The quantitative estimate of drug-likeness (QED) is 0.818. The van der Waals surface area contributed by atoms with Gasteiger partial charge in [-0.3, -0.25) is 4.79 Å². The molecular formula is C14H17NOS. The van der Waals surface area contributed by atoms with Crippen molar-refractivity contribution in [2.75, 3.05) is 5.32 Å². The second-order valence-electron chi connectivity index (χ2n) is 3.46. The Kier molecular flexibility index (Phi) is 5.57. The Labute approximate surface area is 107 Å². The van der Waals surface area contributed by atoms with Gasteiger partial charge in [0.1, 0.15) is 0 Å². The number of hydrogen-bond acceptors (Lipinski definition) is 2. The van der Waals surface area contributed by atoms with Crippen LogP contribution in [0.2, 0.25) is 0 Å². The van der Waals surface area contributed by atoms with Crippen LogP contribution in [-0.4, -0.2) is 11.7 Å². The molecule has 1 aromatic carbocycles. The maximum absolute atomic E-state index is 10.5. The molecule has 1 aromatic rings. The molecule has 1 atom stereocenters. The highest BCUT2D eigenvalue weighted by Gasteiger charge is 2.09. The largest absolute Gasteiger partial charge is 0.328 e. The Bertz CT molecular complexity index is 426. The number of carbonyl (C=O) groups is 1. The zero-order valence-electron chi connectivity index (χ0n) is 8.80. The van der Waals surface area contributed by atoms with Crippen LogP contribution in [0.1, 0.15) is 13.8 Å². The van der Waals surface area contributed by atoms with Crippen molar-refractivity contribution in [1.82, 2.24) is 0 Å². The number of allylic oxidation sites excluding steroid dienone is 3. The first-order valence-corrected chi connectivity index (χ1v) is 6.07. The second-order valence-corrected chi connectivity index (χ2v) is 4.74. The predicted molar refractivity (Wildman–Crippen MR) is 75.4 cm³/mol. The predicted octanol–water partition coefficient (Wildman–Crippen LogP) is 3.87. The first-order valence-electron chi connectivity index (χ1n) is 5.19. The molecule has 1 N–H and O–H groups in total. The lowest BCUT2D eigenvalue weighted by Gasteiger charge is -2.14. The molecule has 3 heteroatoms. The molecule has 0 aliphatic heterocycles. The molecule has 0 radical (unpaired) electrons. The Morgan fingerprint density at radius 1 is 1.29 bits per heavy atom. The normalized spacial score (nSPS) is 17.3. The van der Waals surface area contributed by atoms with Gasteiger partial charge in [0.2, 0.25) is 6.41 Å². The van der Waals surface area contributed by atoms with Gasteiger partial charge in [-0.25, -0.2) is 0 Å². The minimum Gasteiger partial charge on any atom is -0.328 e. The molecule has 0 spiro atoms. The van der Waals surface area contributed by atoms with E-state index in [1.807, 2.05) is 24.3 Å². The fraction of sp³-hybridized carbons (Fsp3) is 0.214. The molecule has 1 aliphatic rings. The van der Waals surface area contributed by atoms with Gasteiger partial charge < -0.3 is 5.32 Å². The van der Waals surface area contributed by atoms with E-state index in [0.29, 0.717) is 5.25 Å². The van der Waals surface area contributed by atoms with Crippen molar-refractivity contribution in [2.24, 2.45) is 0 Å². The lowest BCUT2D eigenvalue weighted by atomic mass is 10.2. The van der Waals surface area contributed by atoms with Crippen molar-refractivity contribution in [1.29, 1.82) is 0 Å². The Morgan fingerprint density at radius 2 is 2.12 bits per heavy atom. The van der Waals surface area contributed by atoms with Crippen LogP contribution < -0.4 is 5.32 Å². The van der Waals surface area contributed by atoms with E-state index >= 15 is 0 Å². The highest BCUT2D eigenvalue weighted by Crippen LogP contribution is 2.33. The Hall–Kier alpha value is -1.48. The molecule has 0 saturated carbocycles. The summed E-state index contributed by atoms with van der Waals surface area (Å²) in [4.78, 5) is 11.6. The standard InChI is InChI=1S/C13H13NOS.CH4/c15-10-14-12-8-4-5-9-13(12)16-11-6-2-1-3-7-11;/h1-6,8-11H,7H2,(H,14,15);1H4. The van der Waals surface area contributed by atoms with Gasteiger partial charge in [-0.2, -0.15) is 0 Å². The van der Waals surface area contributed by atoms with Gasteiger partial charge in [0.25, 0.3) is 0 Å². The molecule has 1 aliphatic carbocycles. The molecule has 1 amide bonds. The van der Waals surface area contributed by atoms with E-state index in [4.69, 9.17) is 0 Å². The van der Waals surface area contributed by atoms with E-state index in [1.165, 1.54) is 0 Å². The van der Waals surface area contributed by atoms with Crippen LogP contribution in [0, 0.1) is 0 Å². The molecule has 1 unspecified atom stereocenters. The Balaban J connectivity index is 0.00000144. The fourth-order valence-corrected chi connectivity index (χ4v) is 2.67. The van der Waals surface area contributed by atoms with E-state index in [1.54, 1.807) is 11.8 Å². The molecule has 0 saturated heterocycles. The molecular weight excluding hydrogens is 230 g/mol. The summed E-state index contributed by atoms with van der Waals surface area (Å²) in [5.41, 5.74) is 0.880. The minimum absolute atomic E-state index is 0. The molecule has 0 aromatic heterocycles. The van der Waals surface area contributed by atoms with Crippen LogP contribution in [0.25, 0.3) is 0 Å². The first kappa shape index (κ1) is 13.6. The van der Waals surface area contributed by atoms with Crippen molar-refractivity contribution in [2.45, 2.75) is 24.0 Å². The van der Waals surface area contributed by atoms with Crippen LogP contribution in [0.3, 0.4) is 0 Å². The number of anilines is 1. The highest BCUT2D eigenvalue weighted by molar-refractivity contribution is 8.00. The number of para-hydroxylation sites is 1. The van der Waals surface area contributed by atoms with Crippen molar-refractivity contribution < 1.29 is 4.79 Å². The van der Waals surface area contributed by atoms with Crippen LogP contribution >= 0.6 is 11.8 Å². The average Bonchev–Trinajstić information content (AvgIpc) is 2.33. The maximum atomic E-state index is 10.5. The number of thioether (sulfide) groups is 1. The van der Waals surface area contributed by atoms with E-state index in [0.717, 1.165) is 23.4 Å². The lowest BCUT2D eigenvalue weighted by Crippen LogP contribution is -2.01. The average molecular weight is 247 g/mol. The van der Waals surface area contributed by atoms with Crippen molar-refractivity contribution in [3.05, 3.63) is 48.6 Å². The minimum atomic E-state index is 0. The van der Waals surface area contributed by atoms with Crippen LogP contribution in [-0.2, 0) is 4.79 Å². The summed E-state index contributed by atoms with van der Waals surface area (Å²) >= 11 is 1.77. The van der Waals surface area contributed by atoms with Gasteiger partial charge in [0.05, 0.1) is 5.69 Å². The number of benzene rings is 1. The van der Waals surface area contributed by atoms with Crippen molar-refractivity contribution in [3.8, 4) is 0 Å². The highest BCUT2D eigenvalue weighted by atomic mass is 32.2. The monoisotopic (exact) mass is 247 g/mol. The molecule has 0 fully saturated rings. The third-order valence-corrected chi connectivity index (χ3v) is 3.58. The molecule has 2 rings (SSSR count). The van der Waals surface area contributed by atoms with E-state index in [2.05, 4.69) is 29.6 Å². The topological polar surface area (TPSA) is 29.1 Å². The van der Waals surface area contributed by atoms with Gasteiger partial charge in [-0.1, -0.05) is 43.9 Å². The molecule has 90 valence electrons. The van der Waals surface area contributed by atoms with Crippen LogP contribution in [0.4, 0.5) is 5.69 Å². The SMILES string of the molecule is C.O=CNc1ccccc1SC1C=CC=CC1. The van der Waals surface area contributed by atoms with Crippen molar-refractivity contribution >= 4 is 23.9 Å². The third-order valence-electron chi connectivity index (χ3n) is 2.32.